The first kappa shape index (κ1) is 17.0. The van der Waals surface area contributed by atoms with Gasteiger partial charge in [0.15, 0.2) is 0 Å². The molecular weight excluding hydrogens is 311 g/mol. The monoisotopic (exact) mass is 328 g/mol. The second-order valence-corrected chi connectivity index (χ2v) is 5.97. The first-order chi connectivity index (χ1) is 11.2. The van der Waals surface area contributed by atoms with Crippen LogP contribution in [0.15, 0.2) is 48.5 Å². The van der Waals surface area contributed by atoms with Gasteiger partial charge >= 0.3 is 0 Å². The number of carbonyl (C=O) groups excluding carboxylic acids is 1. The highest BCUT2D eigenvalue weighted by Crippen LogP contribution is 2.15. The molecule has 0 aliphatic carbocycles. The van der Waals surface area contributed by atoms with Gasteiger partial charge in [-0.25, -0.2) is 4.39 Å². The Kier molecular flexibility index (Phi) is 6.64. The normalized spacial score (nSPS) is 10.1. The number of thioether (sulfide) groups is 1. The highest BCUT2D eigenvalue weighted by molar-refractivity contribution is 7.99. The van der Waals surface area contributed by atoms with E-state index in [0.29, 0.717) is 30.0 Å². The Bertz CT molecular complexity index is 695. The van der Waals surface area contributed by atoms with Crippen molar-refractivity contribution in [1.29, 1.82) is 5.26 Å². The first-order valence-electron chi connectivity index (χ1n) is 7.26. The van der Waals surface area contributed by atoms with Crippen molar-refractivity contribution < 1.29 is 9.18 Å². The summed E-state index contributed by atoms with van der Waals surface area (Å²) in [5.41, 5.74) is 2.58. The molecule has 118 valence electrons. The van der Waals surface area contributed by atoms with E-state index in [1.807, 2.05) is 18.2 Å². The average molecular weight is 328 g/mol. The van der Waals surface area contributed by atoms with Gasteiger partial charge in [0.1, 0.15) is 5.82 Å². The second-order valence-electron chi connectivity index (χ2n) is 4.99. The fourth-order valence-electron chi connectivity index (χ4n) is 2.06. The van der Waals surface area contributed by atoms with Gasteiger partial charge in [0, 0.05) is 12.3 Å². The summed E-state index contributed by atoms with van der Waals surface area (Å²) < 4.78 is 12.8. The number of carbonyl (C=O) groups is 1. The summed E-state index contributed by atoms with van der Waals surface area (Å²) in [4.78, 5) is 11.8. The largest absolute Gasteiger partial charge is 0.355 e. The van der Waals surface area contributed by atoms with E-state index >= 15 is 0 Å². The van der Waals surface area contributed by atoms with Crippen LogP contribution in [-0.4, -0.2) is 18.2 Å². The summed E-state index contributed by atoms with van der Waals surface area (Å²) in [6.07, 6.45) is 0.675. The molecule has 0 aromatic heterocycles. The van der Waals surface area contributed by atoms with Crippen molar-refractivity contribution in [3.63, 3.8) is 0 Å². The Morgan fingerprint density at radius 3 is 2.65 bits per heavy atom. The van der Waals surface area contributed by atoms with Crippen molar-refractivity contribution in [3.05, 3.63) is 71.0 Å². The maximum absolute atomic E-state index is 12.8. The standard InChI is InChI=1S/C18H17FN2OS/c19-17-7-5-14(6-8-17)9-10-21-18(22)13-23-12-16-4-2-1-3-15(16)11-20/h1-8H,9-10,12-13H2,(H,21,22). The van der Waals surface area contributed by atoms with E-state index < -0.39 is 0 Å². The van der Waals surface area contributed by atoms with Crippen LogP contribution < -0.4 is 5.32 Å². The molecule has 2 aromatic carbocycles. The lowest BCUT2D eigenvalue weighted by atomic mass is 10.1. The summed E-state index contributed by atoms with van der Waals surface area (Å²) in [5, 5.41) is 11.8. The van der Waals surface area contributed by atoms with Crippen molar-refractivity contribution in [2.24, 2.45) is 0 Å². The number of amides is 1. The fraction of sp³-hybridized carbons (Fsp3) is 0.222. The molecule has 0 fully saturated rings. The number of hydrogen-bond acceptors (Lipinski definition) is 3. The van der Waals surface area contributed by atoms with Gasteiger partial charge in [0.25, 0.3) is 0 Å². The van der Waals surface area contributed by atoms with Gasteiger partial charge in [-0.1, -0.05) is 30.3 Å². The van der Waals surface area contributed by atoms with Crippen molar-refractivity contribution in [3.8, 4) is 6.07 Å². The van der Waals surface area contributed by atoms with Crippen molar-refractivity contribution in [2.75, 3.05) is 12.3 Å². The molecule has 23 heavy (non-hydrogen) atoms. The van der Waals surface area contributed by atoms with E-state index in [2.05, 4.69) is 11.4 Å². The number of benzene rings is 2. The summed E-state index contributed by atoms with van der Waals surface area (Å²) in [5.74, 6) is 0.691. The molecule has 0 heterocycles. The first-order valence-corrected chi connectivity index (χ1v) is 8.41. The van der Waals surface area contributed by atoms with E-state index in [-0.39, 0.29) is 11.7 Å². The summed E-state index contributed by atoms with van der Waals surface area (Å²) >= 11 is 1.48. The number of halogens is 1. The predicted molar refractivity (Wildman–Crippen MR) is 90.4 cm³/mol. The fourth-order valence-corrected chi connectivity index (χ4v) is 2.92. The summed E-state index contributed by atoms with van der Waals surface area (Å²) in [7, 11) is 0. The van der Waals surface area contributed by atoms with E-state index in [9.17, 15) is 9.18 Å². The molecule has 0 saturated heterocycles. The molecule has 0 bridgehead atoms. The third-order valence-electron chi connectivity index (χ3n) is 3.28. The lowest BCUT2D eigenvalue weighted by molar-refractivity contribution is -0.118. The van der Waals surface area contributed by atoms with Gasteiger partial charge in [-0.3, -0.25) is 4.79 Å². The average Bonchev–Trinajstić information content (AvgIpc) is 2.57. The molecule has 0 atom stereocenters. The highest BCUT2D eigenvalue weighted by atomic mass is 32.2. The van der Waals surface area contributed by atoms with Crippen LogP contribution in [0.2, 0.25) is 0 Å². The lowest BCUT2D eigenvalue weighted by Gasteiger charge is -2.06. The van der Waals surface area contributed by atoms with Gasteiger partial charge in [-0.15, -0.1) is 11.8 Å². The number of rotatable bonds is 7. The topological polar surface area (TPSA) is 52.9 Å². The number of hydrogen-bond donors (Lipinski definition) is 1. The molecule has 0 aliphatic heterocycles. The number of nitrogens with zero attached hydrogens (tertiary/aromatic N) is 1. The molecule has 1 amide bonds. The van der Waals surface area contributed by atoms with Crippen LogP contribution in [-0.2, 0) is 17.0 Å². The van der Waals surface area contributed by atoms with Crippen LogP contribution in [0.5, 0.6) is 0 Å². The Hall–Kier alpha value is -2.32. The van der Waals surface area contributed by atoms with E-state index in [1.165, 1.54) is 23.9 Å². The Morgan fingerprint density at radius 2 is 1.91 bits per heavy atom. The molecule has 0 spiro atoms. The molecule has 0 radical (unpaired) electrons. The van der Waals surface area contributed by atoms with Gasteiger partial charge in [-0.2, -0.15) is 5.26 Å². The van der Waals surface area contributed by atoms with E-state index in [1.54, 1.807) is 18.2 Å². The minimum Gasteiger partial charge on any atom is -0.355 e. The summed E-state index contributed by atoms with van der Waals surface area (Å²) in [6, 6.07) is 15.8. The summed E-state index contributed by atoms with van der Waals surface area (Å²) in [6.45, 7) is 0.528. The molecule has 5 heteroatoms. The van der Waals surface area contributed by atoms with Crippen LogP contribution in [0.4, 0.5) is 4.39 Å². The molecule has 0 unspecified atom stereocenters. The Morgan fingerprint density at radius 1 is 1.17 bits per heavy atom. The third-order valence-corrected chi connectivity index (χ3v) is 4.26. The maximum atomic E-state index is 12.8. The van der Waals surface area contributed by atoms with Gasteiger partial charge < -0.3 is 5.32 Å². The number of nitriles is 1. The molecule has 0 aliphatic rings. The molecule has 2 rings (SSSR count). The van der Waals surface area contributed by atoms with Gasteiger partial charge in [0.05, 0.1) is 17.4 Å². The van der Waals surface area contributed by atoms with Crippen LogP contribution in [0.25, 0.3) is 0 Å². The lowest BCUT2D eigenvalue weighted by Crippen LogP contribution is -2.27. The molecule has 1 N–H and O–H groups in total. The van der Waals surface area contributed by atoms with E-state index in [0.717, 1.165) is 11.1 Å². The third kappa shape index (κ3) is 5.76. The van der Waals surface area contributed by atoms with Crippen LogP contribution in [0.3, 0.4) is 0 Å². The molecule has 3 nitrogen and oxygen atoms in total. The zero-order chi connectivity index (χ0) is 16.5. The zero-order valence-corrected chi connectivity index (χ0v) is 13.4. The Balaban J connectivity index is 1.67. The van der Waals surface area contributed by atoms with Crippen LogP contribution in [0.1, 0.15) is 16.7 Å². The van der Waals surface area contributed by atoms with Crippen LogP contribution in [0, 0.1) is 17.1 Å². The maximum Gasteiger partial charge on any atom is 0.230 e. The molecule has 0 saturated carbocycles. The zero-order valence-electron chi connectivity index (χ0n) is 12.6. The van der Waals surface area contributed by atoms with Crippen molar-refractivity contribution in [1.82, 2.24) is 5.32 Å². The van der Waals surface area contributed by atoms with Gasteiger partial charge in [0.2, 0.25) is 5.91 Å². The smallest absolute Gasteiger partial charge is 0.230 e. The highest BCUT2D eigenvalue weighted by Gasteiger charge is 2.04. The van der Waals surface area contributed by atoms with Crippen LogP contribution >= 0.6 is 11.8 Å². The molecular formula is C18H17FN2OS. The van der Waals surface area contributed by atoms with Crippen molar-refractivity contribution >= 4 is 17.7 Å². The van der Waals surface area contributed by atoms with Gasteiger partial charge in [-0.05, 0) is 35.7 Å². The SMILES string of the molecule is N#Cc1ccccc1CSCC(=O)NCCc1ccc(F)cc1. The second kappa shape index (κ2) is 8.96. The Labute approximate surface area is 139 Å². The van der Waals surface area contributed by atoms with Crippen molar-refractivity contribution in [2.45, 2.75) is 12.2 Å². The van der Waals surface area contributed by atoms with E-state index in [4.69, 9.17) is 5.26 Å². The minimum atomic E-state index is -0.258. The quantitative estimate of drug-likeness (QED) is 0.848. The molecule has 2 aromatic rings. The number of nitrogens with one attached hydrogen (secondary N) is 1. The predicted octanol–water partition coefficient (Wildman–Crippen LogP) is 3.29. The minimum absolute atomic E-state index is 0.0356.